The molecule has 1 rings (SSSR count). The van der Waals surface area contributed by atoms with E-state index >= 15 is 0 Å². The van der Waals surface area contributed by atoms with Gasteiger partial charge in [-0.2, -0.15) is 5.10 Å². The molecule has 0 saturated carbocycles. The van der Waals surface area contributed by atoms with Crippen LogP contribution in [0.5, 0.6) is 0 Å². The molecule has 0 fully saturated rings. The predicted octanol–water partition coefficient (Wildman–Crippen LogP) is 2.06. The van der Waals surface area contributed by atoms with Crippen LogP contribution in [0, 0.1) is 6.92 Å². The first-order chi connectivity index (χ1) is 8.06. The number of nitrogens with zero attached hydrogens (tertiary/aromatic N) is 2. The number of ether oxygens (including phenoxy) is 1. The van der Waals surface area contributed by atoms with Gasteiger partial charge < -0.3 is 10.1 Å². The molecule has 0 radical (unpaired) electrons. The molecular weight excluding hydrogens is 238 g/mol. The number of hydrogen-bond acceptors (Lipinski definition) is 3. The van der Waals surface area contributed by atoms with E-state index in [-0.39, 0.29) is 6.10 Å². The SMILES string of the molecule is C=CCOC(C)CNCc1c(Cl)c(C)nn1C. The van der Waals surface area contributed by atoms with Crippen LogP contribution in [-0.2, 0) is 18.3 Å². The van der Waals surface area contributed by atoms with Crippen LogP contribution in [0.4, 0.5) is 0 Å². The molecule has 0 amide bonds. The van der Waals surface area contributed by atoms with Crippen LogP contribution in [0.15, 0.2) is 12.7 Å². The van der Waals surface area contributed by atoms with Crippen molar-refractivity contribution in [3.05, 3.63) is 29.1 Å². The molecule has 17 heavy (non-hydrogen) atoms. The molecule has 1 heterocycles. The minimum absolute atomic E-state index is 0.154. The number of halogens is 1. The number of aromatic nitrogens is 2. The molecule has 0 aromatic carbocycles. The lowest BCUT2D eigenvalue weighted by Gasteiger charge is -2.12. The lowest BCUT2D eigenvalue weighted by Crippen LogP contribution is -2.27. The second-order valence-electron chi connectivity index (χ2n) is 4.03. The van der Waals surface area contributed by atoms with E-state index in [4.69, 9.17) is 16.3 Å². The summed E-state index contributed by atoms with van der Waals surface area (Å²) in [5.74, 6) is 0. The number of nitrogens with one attached hydrogen (secondary N) is 1. The summed E-state index contributed by atoms with van der Waals surface area (Å²) in [5, 5.41) is 8.29. The van der Waals surface area contributed by atoms with E-state index in [2.05, 4.69) is 17.0 Å². The molecule has 5 heteroatoms. The van der Waals surface area contributed by atoms with Gasteiger partial charge in [0.2, 0.25) is 0 Å². The second kappa shape index (κ2) is 6.79. The molecule has 1 atom stereocenters. The summed E-state index contributed by atoms with van der Waals surface area (Å²) in [5.41, 5.74) is 1.86. The van der Waals surface area contributed by atoms with E-state index < -0.39 is 0 Å². The van der Waals surface area contributed by atoms with E-state index in [1.807, 2.05) is 20.9 Å². The van der Waals surface area contributed by atoms with Crippen molar-refractivity contribution < 1.29 is 4.74 Å². The zero-order valence-corrected chi connectivity index (χ0v) is 11.4. The summed E-state index contributed by atoms with van der Waals surface area (Å²) < 4.78 is 7.26. The van der Waals surface area contributed by atoms with Crippen LogP contribution < -0.4 is 5.32 Å². The Balaban J connectivity index is 2.38. The van der Waals surface area contributed by atoms with Crippen molar-refractivity contribution in [1.29, 1.82) is 0 Å². The van der Waals surface area contributed by atoms with Gasteiger partial charge in [-0.1, -0.05) is 17.7 Å². The van der Waals surface area contributed by atoms with E-state index in [9.17, 15) is 0 Å². The first-order valence-corrected chi connectivity index (χ1v) is 6.05. The molecule has 96 valence electrons. The monoisotopic (exact) mass is 257 g/mol. The average molecular weight is 258 g/mol. The molecule has 1 aromatic heterocycles. The van der Waals surface area contributed by atoms with E-state index in [1.54, 1.807) is 10.8 Å². The molecule has 0 aliphatic rings. The van der Waals surface area contributed by atoms with Crippen LogP contribution in [0.3, 0.4) is 0 Å². The number of hydrogen-bond donors (Lipinski definition) is 1. The van der Waals surface area contributed by atoms with Crippen molar-refractivity contribution in [3.8, 4) is 0 Å². The van der Waals surface area contributed by atoms with Gasteiger partial charge >= 0.3 is 0 Å². The molecule has 0 spiro atoms. The smallest absolute Gasteiger partial charge is 0.0860 e. The summed E-state index contributed by atoms with van der Waals surface area (Å²) in [6.07, 6.45) is 1.90. The highest BCUT2D eigenvalue weighted by molar-refractivity contribution is 6.31. The van der Waals surface area contributed by atoms with Crippen molar-refractivity contribution in [2.24, 2.45) is 7.05 Å². The molecule has 1 aromatic rings. The standard InChI is InChI=1S/C12H20ClN3O/c1-5-6-17-9(2)7-14-8-11-12(13)10(3)15-16(11)4/h5,9,14H,1,6-8H2,2-4H3. The maximum absolute atomic E-state index is 6.15. The Kier molecular flexibility index (Phi) is 5.68. The molecule has 0 aliphatic carbocycles. The summed E-state index contributed by atoms with van der Waals surface area (Å²) in [4.78, 5) is 0. The predicted molar refractivity (Wildman–Crippen MR) is 70.3 cm³/mol. The third kappa shape index (κ3) is 4.15. The fourth-order valence-corrected chi connectivity index (χ4v) is 1.78. The molecular formula is C12H20ClN3O. The Hall–Kier alpha value is -0.840. The number of rotatable bonds is 7. The van der Waals surface area contributed by atoms with Gasteiger partial charge in [-0.25, -0.2) is 0 Å². The third-order valence-electron chi connectivity index (χ3n) is 2.48. The van der Waals surface area contributed by atoms with Gasteiger partial charge in [-0.05, 0) is 13.8 Å². The van der Waals surface area contributed by atoms with Gasteiger partial charge in [0.15, 0.2) is 0 Å². The Labute approximate surface area is 108 Å². The first kappa shape index (κ1) is 14.2. The Morgan fingerprint density at radius 1 is 1.65 bits per heavy atom. The summed E-state index contributed by atoms with van der Waals surface area (Å²) in [6.45, 7) is 9.58. The molecule has 0 saturated heterocycles. The Morgan fingerprint density at radius 3 is 2.88 bits per heavy atom. The van der Waals surface area contributed by atoms with Gasteiger partial charge in [-0.15, -0.1) is 6.58 Å². The van der Waals surface area contributed by atoms with Crippen LogP contribution >= 0.6 is 11.6 Å². The van der Waals surface area contributed by atoms with Crippen molar-refractivity contribution in [2.45, 2.75) is 26.5 Å². The van der Waals surface area contributed by atoms with Gasteiger partial charge in [-0.3, -0.25) is 4.68 Å². The van der Waals surface area contributed by atoms with Crippen LogP contribution in [0.2, 0.25) is 5.02 Å². The normalized spacial score (nSPS) is 12.7. The van der Waals surface area contributed by atoms with E-state index in [0.717, 1.165) is 23.0 Å². The largest absolute Gasteiger partial charge is 0.373 e. The minimum Gasteiger partial charge on any atom is -0.373 e. The van der Waals surface area contributed by atoms with Gasteiger partial charge in [0, 0.05) is 20.1 Å². The average Bonchev–Trinajstić information content (AvgIpc) is 2.53. The van der Waals surface area contributed by atoms with Crippen molar-refractivity contribution >= 4 is 11.6 Å². The highest BCUT2D eigenvalue weighted by atomic mass is 35.5. The zero-order chi connectivity index (χ0) is 12.8. The fourth-order valence-electron chi connectivity index (χ4n) is 1.56. The Morgan fingerprint density at radius 2 is 2.35 bits per heavy atom. The summed E-state index contributed by atoms with van der Waals surface area (Å²) in [6, 6.07) is 0. The maximum atomic E-state index is 6.15. The minimum atomic E-state index is 0.154. The highest BCUT2D eigenvalue weighted by Gasteiger charge is 2.10. The van der Waals surface area contributed by atoms with Crippen molar-refractivity contribution in [2.75, 3.05) is 13.2 Å². The van der Waals surface area contributed by atoms with Gasteiger partial charge in [0.05, 0.1) is 29.1 Å². The van der Waals surface area contributed by atoms with Crippen LogP contribution in [-0.4, -0.2) is 29.0 Å². The number of aryl methyl sites for hydroxylation is 2. The quantitative estimate of drug-likeness (QED) is 0.760. The van der Waals surface area contributed by atoms with Crippen LogP contribution in [0.1, 0.15) is 18.3 Å². The topological polar surface area (TPSA) is 39.1 Å². The van der Waals surface area contributed by atoms with Crippen LogP contribution in [0.25, 0.3) is 0 Å². The molecule has 1 unspecified atom stereocenters. The maximum Gasteiger partial charge on any atom is 0.0860 e. The molecule has 0 aliphatic heterocycles. The fraction of sp³-hybridized carbons (Fsp3) is 0.583. The van der Waals surface area contributed by atoms with Gasteiger partial charge in [0.1, 0.15) is 0 Å². The van der Waals surface area contributed by atoms with E-state index in [1.165, 1.54) is 0 Å². The molecule has 4 nitrogen and oxygen atoms in total. The Bertz CT molecular complexity index is 376. The molecule has 1 N–H and O–H groups in total. The van der Waals surface area contributed by atoms with Crippen molar-refractivity contribution in [1.82, 2.24) is 15.1 Å². The first-order valence-electron chi connectivity index (χ1n) is 5.67. The highest BCUT2D eigenvalue weighted by Crippen LogP contribution is 2.18. The van der Waals surface area contributed by atoms with E-state index in [0.29, 0.717) is 13.2 Å². The summed E-state index contributed by atoms with van der Waals surface area (Å²) >= 11 is 6.15. The second-order valence-corrected chi connectivity index (χ2v) is 4.41. The molecule has 0 bridgehead atoms. The lowest BCUT2D eigenvalue weighted by atomic mass is 10.3. The third-order valence-corrected chi connectivity index (χ3v) is 2.98. The van der Waals surface area contributed by atoms with Crippen molar-refractivity contribution in [3.63, 3.8) is 0 Å². The zero-order valence-electron chi connectivity index (χ0n) is 10.7. The summed E-state index contributed by atoms with van der Waals surface area (Å²) in [7, 11) is 1.90. The lowest BCUT2D eigenvalue weighted by molar-refractivity contribution is 0.0876. The van der Waals surface area contributed by atoms with Gasteiger partial charge in [0.25, 0.3) is 0 Å².